The highest BCUT2D eigenvalue weighted by atomic mass is 32.1. The van der Waals surface area contributed by atoms with E-state index in [1.165, 1.54) is 16.0 Å². The van der Waals surface area contributed by atoms with E-state index in [2.05, 4.69) is 53.1 Å². The van der Waals surface area contributed by atoms with Crippen LogP contribution in [0.4, 0.5) is 5.69 Å². The van der Waals surface area contributed by atoms with E-state index >= 15 is 0 Å². The molecule has 0 aliphatic heterocycles. The molecule has 0 aliphatic rings. The van der Waals surface area contributed by atoms with Crippen molar-refractivity contribution in [3.05, 3.63) is 70.2 Å². The molecule has 2 heterocycles. The smallest absolute Gasteiger partial charge is 0.0659 e. The Bertz CT molecular complexity index is 653. The lowest BCUT2D eigenvalue weighted by molar-refractivity contribution is 0.687. The third kappa shape index (κ3) is 3.08. The SMILES string of the molecule is Cc1ccsc1CNc1ccc(Cn2cccn2)cc1. The zero-order chi connectivity index (χ0) is 13.8. The Balaban J connectivity index is 1.60. The summed E-state index contributed by atoms with van der Waals surface area (Å²) in [6.45, 7) is 3.86. The highest BCUT2D eigenvalue weighted by Crippen LogP contribution is 2.18. The summed E-state index contributed by atoms with van der Waals surface area (Å²) in [6, 6.07) is 12.6. The van der Waals surface area contributed by atoms with E-state index in [1.807, 2.05) is 16.9 Å². The number of thiophene rings is 1. The van der Waals surface area contributed by atoms with Gasteiger partial charge < -0.3 is 5.32 Å². The standard InChI is InChI=1S/C16H17N3S/c1-13-7-10-20-16(13)11-17-15-5-3-14(4-6-15)12-19-9-2-8-18-19/h2-10,17H,11-12H2,1H3. The van der Waals surface area contributed by atoms with Gasteiger partial charge in [-0.25, -0.2) is 0 Å². The van der Waals surface area contributed by atoms with Gasteiger partial charge in [-0.1, -0.05) is 12.1 Å². The zero-order valence-corrected chi connectivity index (χ0v) is 12.2. The molecule has 3 rings (SSSR count). The molecule has 0 spiro atoms. The molecular weight excluding hydrogens is 266 g/mol. The second-order valence-corrected chi connectivity index (χ2v) is 5.78. The molecule has 20 heavy (non-hydrogen) atoms. The fourth-order valence-electron chi connectivity index (χ4n) is 2.08. The predicted octanol–water partition coefficient (Wildman–Crippen LogP) is 3.91. The summed E-state index contributed by atoms with van der Waals surface area (Å²) >= 11 is 1.80. The predicted molar refractivity (Wildman–Crippen MR) is 84.2 cm³/mol. The Kier molecular flexibility index (Phi) is 3.83. The fraction of sp³-hybridized carbons (Fsp3) is 0.188. The molecule has 0 bridgehead atoms. The van der Waals surface area contributed by atoms with Crippen molar-refractivity contribution < 1.29 is 0 Å². The fourth-order valence-corrected chi connectivity index (χ4v) is 2.92. The molecule has 3 nitrogen and oxygen atoms in total. The summed E-state index contributed by atoms with van der Waals surface area (Å²) in [4.78, 5) is 1.39. The van der Waals surface area contributed by atoms with Crippen LogP contribution in [0.15, 0.2) is 54.2 Å². The molecule has 0 radical (unpaired) electrons. The molecule has 1 N–H and O–H groups in total. The molecule has 2 aromatic heterocycles. The van der Waals surface area contributed by atoms with Gasteiger partial charge in [-0.05, 0) is 47.7 Å². The van der Waals surface area contributed by atoms with Crippen molar-refractivity contribution in [1.29, 1.82) is 0 Å². The second-order valence-electron chi connectivity index (χ2n) is 4.78. The number of benzene rings is 1. The van der Waals surface area contributed by atoms with Gasteiger partial charge in [0.05, 0.1) is 6.54 Å². The van der Waals surface area contributed by atoms with Crippen molar-refractivity contribution >= 4 is 17.0 Å². The Hall–Kier alpha value is -2.07. The topological polar surface area (TPSA) is 29.9 Å². The monoisotopic (exact) mass is 283 g/mol. The number of hydrogen-bond acceptors (Lipinski definition) is 3. The maximum absolute atomic E-state index is 4.22. The first kappa shape index (κ1) is 12.9. The van der Waals surface area contributed by atoms with E-state index in [4.69, 9.17) is 0 Å². The maximum Gasteiger partial charge on any atom is 0.0659 e. The van der Waals surface area contributed by atoms with Gasteiger partial charge in [0.1, 0.15) is 0 Å². The molecular formula is C16H17N3S. The van der Waals surface area contributed by atoms with E-state index in [0.29, 0.717) is 0 Å². The Morgan fingerprint density at radius 1 is 1.20 bits per heavy atom. The average molecular weight is 283 g/mol. The Morgan fingerprint density at radius 3 is 2.70 bits per heavy atom. The van der Waals surface area contributed by atoms with Crippen molar-refractivity contribution in [3.8, 4) is 0 Å². The number of aryl methyl sites for hydroxylation is 1. The van der Waals surface area contributed by atoms with Crippen LogP contribution in [0.1, 0.15) is 16.0 Å². The van der Waals surface area contributed by atoms with Gasteiger partial charge in [0, 0.05) is 29.5 Å². The van der Waals surface area contributed by atoms with Crippen LogP contribution >= 0.6 is 11.3 Å². The van der Waals surface area contributed by atoms with Crippen LogP contribution in [0, 0.1) is 6.92 Å². The summed E-state index contributed by atoms with van der Waals surface area (Å²) in [5.74, 6) is 0. The number of nitrogens with one attached hydrogen (secondary N) is 1. The molecule has 0 atom stereocenters. The Morgan fingerprint density at radius 2 is 2.05 bits per heavy atom. The molecule has 1 aromatic carbocycles. The summed E-state index contributed by atoms with van der Waals surface area (Å²) < 4.78 is 1.93. The van der Waals surface area contributed by atoms with Gasteiger partial charge in [0.15, 0.2) is 0 Å². The van der Waals surface area contributed by atoms with E-state index in [9.17, 15) is 0 Å². The van der Waals surface area contributed by atoms with E-state index < -0.39 is 0 Å². The van der Waals surface area contributed by atoms with Crippen LogP contribution in [0.5, 0.6) is 0 Å². The van der Waals surface area contributed by atoms with E-state index in [1.54, 1.807) is 17.5 Å². The largest absolute Gasteiger partial charge is 0.380 e. The first-order valence-electron chi connectivity index (χ1n) is 6.64. The molecule has 0 saturated heterocycles. The van der Waals surface area contributed by atoms with Crippen LogP contribution in [0.25, 0.3) is 0 Å². The second kappa shape index (κ2) is 5.92. The van der Waals surface area contributed by atoms with E-state index in [-0.39, 0.29) is 0 Å². The van der Waals surface area contributed by atoms with E-state index in [0.717, 1.165) is 18.8 Å². The van der Waals surface area contributed by atoms with Crippen LogP contribution in [0.3, 0.4) is 0 Å². The third-order valence-corrected chi connectivity index (χ3v) is 4.30. The Labute approximate surface area is 122 Å². The average Bonchev–Trinajstić information content (AvgIpc) is 3.10. The molecule has 0 amide bonds. The van der Waals surface area contributed by atoms with Crippen molar-refractivity contribution in [2.75, 3.05) is 5.32 Å². The summed E-state index contributed by atoms with van der Waals surface area (Å²) in [7, 11) is 0. The minimum atomic E-state index is 0.817. The number of nitrogens with zero attached hydrogens (tertiary/aromatic N) is 2. The van der Waals surface area contributed by atoms with Crippen molar-refractivity contribution in [1.82, 2.24) is 9.78 Å². The number of anilines is 1. The molecule has 3 aromatic rings. The lowest BCUT2D eigenvalue weighted by atomic mass is 10.2. The maximum atomic E-state index is 4.22. The van der Waals surface area contributed by atoms with Gasteiger partial charge in [-0.3, -0.25) is 4.68 Å². The summed E-state index contributed by atoms with van der Waals surface area (Å²) in [5, 5.41) is 9.82. The third-order valence-electron chi connectivity index (χ3n) is 3.28. The quantitative estimate of drug-likeness (QED) is 0.769. The van der Waals surface area contributed by atoms with Gasteiger partial charge in [-0.2, -0.15) is 5.10 Å². The lowest BCUT2D eigenvalue weighted by Gasteiger charge is -2.07. The minimum Gasteiger partial charge on any atom is -0.380 e. The van der Waals surface area contributed by atoms with Crippen molar-refractivity contribution in [2.45, 2.75) is 20.0 Å². The molecule has 0 unspecified atom stereocenters. The van der Waals surface area contributed by atoms with Crippen LogP contribution in [-0.2, 0) is 13.1 Å². The first-order chi connectivity index (χ1) is 9.81. The summed E-state index contributed by atoms with van der Waals surface area (Å²) in [5.41, 5.74) is 3.77. The van der Waals surface area contributed by atoms with Crippen molar-refractivity contribution in [3.63, 3.8) is 0 Å². The van der Waals surface area contributed by atoms with Crippen LogP contribution < -0.4 is 5.32 Å². The minimum absolute atomic E-state index is 0.817. The number of aromatic nitrogens is 2. The normalized spacial score (nSPS) is 10.7. The van der Waals surface area contributed by atoms with Gasteiger partial charge in [-0.15, -0.1) is 11.3 Å². The highest BCUT2D eigenvalue weighted by molar-refractivity contribution is 7.10. The molecule has 0 aliphatic carbocycles. The van der Waals surface area contributed by atoms with Gasteiger partial charge in [0.25, 0.3) is 0 Å². The van der Waals surface area contributed by atoms with Crippen LogP contribution in [0.2, 0.25) is 0 Å². The molecule has 0 fully saturated rings. The summed E-state index contributed by atoms with van der Waals surface area (Å²) in [6.07, 6.45) is 3.78. The van der Waals surface area contributed by atoms with Gasteiger partial charge in [0.2, 0.25) is 0 Å². The number of rotatable bonds is 5. The zero-order valence-electron chi connectivity index (χ0n) is 11.4. The first-order valence-corrected chi connectivity index (χ1v) is 7.52. The van der Waals surface area contributed by atoms with Gasteiger partial charge >= 0.3 is 0 Å². The molecule has 102 valence electrons. The van der Waals surface area contributed by atoms with Crippen molar-refractivity contribution in [2.24, 2.45) is 0 Å². The molecule has 4 heteroatoms. The molecule has 0 saturated carbocycles. The van der Waals surface area contributed by atoms with Crippen LogP contribution in [-0.4, -0.2) is 9.78 Å². The highest BCUT2D eigenvalue weighted by Gasteiger charge is 2.00. The lowest BCUT2D eigenvalue weighted by Crippen LogP contribution is -2.01. The number of hydrogen-bond donors (Lipinski definition) is 1.